The van der Waals surface area contributed by atoms with Crippen LogP contribution in [0.5, 0.6) is 0 Å². The topological polar surface area (TPSA) is 78.9 Å². The molecule has 1 aromatic rings. The molecular formula is C10H16N6. The molecular weight excluding hydrogens is 204 g/mol. The highest BCUT2D eigenvalue weighted by Crippen LogP contribution is 2.28. The van der Waals surface area contributed by atoms with Gasteiger partial charge in [-0.25, -0.2) is 0 Å². The first kappa shape index (κ1) is 10.8. The Balaban J connectivity index is 2.23. The van der Waals surface area contributed by atoms with Crippen LogP contribution in [-0.2, 0) is 5.66 Å². The van der Waals surface area contributed by atoms with Crippen molar-refractivity contribution >= 4 is 6.21 Å². The van der Waals surface area contributed by atoms with E-state index in [1.54, 1.807) is 0 Å². The third kappa shape index (κ3) is 1.82. The van der Waals surface area contributed by atoms with Crippen LogP contribution < -0.4 is 5.32 Å². The summed E-state index contributed by atoms with van der Waals surface area (Å²) < 4.78 is 0. The van der Waals surface area contributed by atoms with E-state index in [-0.39, 0.29) is 5.41 Å². The van der Waals surface area contributed by atoms with Crippen LogP contribution in [0.15, 0.2) is 16.8 Å². The van der Waals surface area contributed by atoms with Gasteiger partial charge < -0.3 is 5.32 Å². The van der Waals surface area contributed by atoms with Gasteiger partial charge in [-0.15, -0.1) is 10.2 Å². The van der Waals surface area contributed by atoms with Crippen molar-refractivity contribution in [2.24, 2.45) is 10.4 Å². The van der Waals surface area contributed by atoms with E-state index < -0.39 is 5.66 Å². The minimum Gasteiger partial charge on any atom is -0.361 e. The molecule has 0 spiro atoms. The molecule has 2 heterocycles. The lowest BCUT2D eigenvalue weighted by Crippen LogP contribution is -2.39. The van der Waals surface area contributed by atoms with Gasteiger partial charge in [0, 0.05) is 12.4 Å². The van der Waals surface area contributed by atoms with Crippen LogP contribution in [0.25, 0.3) is 0 Å². The van der Waals surface area contributed by atoms with Crippen LogP contribution >= 0.6 is 0 Å². The van der Waals surface area contributed by atoms with Gasteiger partial charge in [0.1, 0.15) is 0 Å². The molecule has 0 radical (unpaired) electrons. The van der Waals surface area contributed by atoms with E-state index in [1.165, 1.54) is 0 Å². The number of aromatic amines is 1. The molecule has 1 aliphatic heterocycles. The number of rotatable bonds is 1. The van der Waals surface area contributed by atoms with Gasteiger partial charge in [0.05, 0.1) is 0 Å². The molecule has 16 heavy (non-hydrogen) atoms. The first-order chi connectivity index (χ1) is 7.42. The summed E-state index contributed by atoms with van der Waals surface area (Å²) in [5.41, 5.74) is 0.602. The second kappa shape index (κ2) is 3.40. The fourth-order valence-corrected chi connectivity index (χ4v) is 1.39. The Labute approximate surface area is 94.2 Å². The Hall–Kier alpha value is -1.72. The maximum absolute atomic E-state index is 4.46. The number of hydrogen-bond donors (Lipinski definition) is 2. The molecule has 1 unspecified atom stereocenters. The lowest BCUT2D eigenvalue weighted by atomic mass is 9.87. The van der Waals surface area contributed by atoms with E-state index in [2.05, 4.69) is 51.7 Å². The number of aliphatic imine (C=N–C) groups is 1. The van der Waals surface area contributed by atoms with E-state index in [4.69, 9.17) is 0 Å². The maximum Gasteiger partial charge on any atom is 0.221 e. The van der Waals surface area contributed by atoms with Crippen molar-refractivity contribution in [1.82, 2.24) is 25.9 Å². The average Bonchev–Trinajstić information content (AvgIpc) is 2.70. The number of nitrogens with zero attached hydrogens (tertiary/aromatic N) is 4. The molecule has 1 aromatic heterocycles. The molecule has 0 fully saturated rings. The van der Waals surface area contributed by atoms with Crippen LogP contribution in [-0.4, -0.2) is 26.8 Å². The van der Waals surface area contributed by atoms with E-state index in [1.807, 2.05) is 19.3 Å². The number of allylic oxidation sites excluding steroid dienone is 1. The second-order valence-corrected chi connectivity index (χ2v) is 5.06. The highest BCUT2D eigenvalue weighted by atomic mass is 15.5. The summed E-state index contributed by atoms with van der Waals surface area (Å²) in [5.74, 6) is 0.535. The van der Waals surface area contributed by atoms with E-state index >= 15 is 0 Å². The highest BCUT2D eigenvalue weighted by molar-refractivity contribution is 5.81. The van der Waals surface area contributed by atoms with E-state index in [0.717, 1.165) is 5.57 Å². The van der Waals surface area contributed by atoms with Gasteiger partial charge in [-0.05, 0) is 23.1 Å². The second-order valence-electron chi connectivity index (χ2n) is 5.06. The van der Waals surface area contributed by atoms with Crippen molar-refractivity contribution in [3.05, 3.63) is 17.6 Å². The molecule has 6 heteroatoms. The average molecular weight is 220 g/mol. The van der Waals surface area contributed by atoms with Crippen LogP contribution in [0, 0.1) is 5.41 Å². The summed E-state index contributed by atoms with van der Waals surface area (Å²) >= 11 is 0. The zero-order valence-corrected chi connectivity index (χ0v) is 9.94. The van der Waals surface area contributed by atoms with Gasteiger partial charge >= 0.3 is 0 Å². The molecule has 0 saturated carbocycles. The summed E-state index contributed by atoms with van der Waals surface area (Å²) in [4.78, 5) is 4.46. The zero-order valence-electron chi connectivity index (χ0n) is 9.94. The molecule has 0 amide bonds. The molecule has 0 bridgehead atoms. The van der Waals surface area contributed by atoms with Crippen molar-refractivity contribution in [2.45, 2.75) is 33.4 Å². The molecule has 2 rings (SSSR count). The Kier molecular flexibility index (Phi) is 2.29. The SMILES string of the molecule is CC(C)(C)C1=CNC(C)(c2nn[nH]n2)N=C1. The number of aromatic nitrogens is 4. The third-order valence-corrected chi connectivity index (χ3v) is 2.62. The standard InChI is InChI=1S/C10H16N6/c1-9(2,3)7-5-11-10(4,12-6-7)8-13-15-16-14-8/h5-6,11H,1-4H3,(H,13,14,15,16). The van der Waals surface area contributed by atoms with Gasteiger partial charge in [0.25, 0.3) is 0 Å². The number of nitrogens with one attached hydrogen (secondary N) is 2. The summed E-state index contributed by atoms with van der Waals surface area (Å²) in [7, 11) is 0. The first-order valence-corrected chi connectivity index (χ1v) is 5.19. The van der Waals surface area contributed by atoms with Gasteiger partial charge in [-0.2, -0.15) is 5.21 Å². The Morgan fingerprint density at radius 2 is 2.06 bits per heavy atom. The maximum atomic E-state index is 4.46. The summed E-state index contributed by atoms with van der Waals surface area (Å²) in [6.07, 6.45) is 3.83. The largest absolute Gasteiger partial charge is 0.361 e. The van der Waals surface area contributed by atoms with Gasteiger partial charge in [-0.3, -0.25) is 4.99 Å². The number of tetrazole rings is 1. The minimum absolute atomic E-state index is 0.0785. The monoisotopic (exact) mass is 220 g/mol. The Bertz CT molecular complexity index is 425. The third-order valence-electron chi connectivity index (χ3n) is 2.62. The first-order valence-electron chi connectivity index (χ1n) is 5.19. The zero-order chi connectivity index (χ0) is 11.8. The normalized spacial score (nSPS) is 25.1. The van der Waals surface area contributed by atoms with Crippen molar-refractivity contribution in [2.75, 3.05) is 0 Å². The summed E-state index contributed by atoms with van der Waals surface area (Å²) in [6, 6.07) is 0. The molecule has 1 atom stereocenters. The lowest BCUT2D eigenvalue weighted by Gasteiger charge is -2.30. The van der Waals surface area contributed by atoms with Crippen LogP contribution in [0.2, 0.25) is 0 Å². The molecule has 2 N–H and O–H groups in total. The van der Waals surface area contributed by atoms with Crippen LogP contribution in [0.3, 0.4) is 0 Å². The van der Waals surface area contributed by atoms with Crippen molar-refractivity contribution in [3.63, 3.8) is 0 Å². The van der Waals surface area contributed by atoms with Crippen LogP contribution in [0.4, 0.5) is 0 Å². The Morgan fingerprint density at radius 3 is 2.50 bits per heavy atom. The molecule has 1 aliphatic rings. The fraction of sp³-hybridized carbons (Fsp3) is 0.600. The molecule has 0 saturated heterocycles. The predicted octanol–water partition coefficient (Wildman–Crippen LogP) is 0.976. The van der Waals surface area contributed by atoms with Crippen molar-refractivity contribution in [3.8, 4) is 0 Å². The fourth-order valence-electron chi connectivity index (χ4n) is 1.39. The molecule has 86 valence electrons. The minimum atomic E-state index is -0.623. The quantitative estimate of drug-likeness (QED) is 0.739. The molecule has 0 aromatic carbocycles. The Morgan fingerprint density at radius 1 is 1.31 bits per heavy atom. The number of H-pyrrole nitrogens is 1. The van der Waals surface area contributed by atoms with Gasteiger partial charge in [0.2, 0.25) is 5.82 Å². The molecule has 6 nitrogen and oxygen atoms in total. The van der Waals surface area contributed by atoms with E-state index in [9.17, 15) is 0 Å². The predicted molar refractivity (Wildman–Crippen MR) is 60.7 cm³/mol. The summed E-state index contributed by atoms with van der Waals surface area (Å²) in [5, 5.41) is 17.1. The van der Waals surface area contributed by atoms with Gasteiger partial charge in [-0.1, -0.05) is 20.8 Å². The summed E-state index contributed by atoms with van der Waals surface area (Å²) in [6.45, 7) is 8.33. The molecule has 0 aliphatic carbocycles. The smallest absolute Gasteiger partial charge is 0.221 e. The number of hydrogen-bond acceptors (Lipinski definition) is 5. The highest BCUT2D eigenvalue weighted by Gasteiger charge is 2.32. The van der Waals surface area contributed by atoms with Crippen LogP contribution in [0.1, 0.15) is 33.5 Å². The van der Waals surface area contributed by atoms with Crippen molar-refractivity contribution in [1.29, 1.82) is 0 Å². The lowest BCUT2D eigenvalue weighted by molar-refractivity contribution is 0.399. The van der Waals surface area contributed by atoms with Gasteiger partial charge in [0.15, 0.2) is 5.66 Å². The van der Waals surface area contributed by atoms with E-state index in [0.29, 0.717) is 5.82 Å². The van der Waals surface area contributed by atoms with Crippen molar-refractivity contribution < 1.29 is 0 Å².